The van der Waals surface area contributed by atoms with E-state index in [1.54, 1.807) is 7.11 Å². The van der Waals surface area contributed by atoms with E-state index in [4.69, 9.17) is 23.7 Å². The summed E-state index contributed by atoms with van der Waals surface area (Å²) in [4.78, 5) is 0. The molecule has 1 N–H and O–H groups in total. The van der Waals surface area contributed by atoms with Gasteiger partial charge < -0.3 is 29.0 Å². The molecule has 0 aliphatic rings. The highest BCUT2D eigenvalue weighted by atomic mass is 16.5. The van der Waals surface area contributed by atoms with E-state index in [2.05, 4.69) is 5.32 Å². The molecule has 0 aliphatic heterocycles. The van der Waals surface area contributed by atoms with Crippen LogP contribution in [0.3, 0.4) is 0 Å². The van der Waals surface area contributed by atoms with E-state index < -0.39 is 0 Å². The summed E-state index contributed by atoms with van der Waals surface area (Å²) in [5.74, 6) is 0. The third-order valence-electron chi connectivity index (χ3n) is 2.43. The van der Waals surface area contributed by atoms with Gasteiger partial charge in [0.15, 0.2) is 0 Å². The fourth-order valence-electron chi connectivity index (χ4n) is 1.41. The van der Waals surface area contributed by atoms with Crippen LogP contribution in [0.1, 0.15) is 13.3 Å². The molecule has 0 saturated heterocycles. The van der Waals surface area contributed by atoms with Gasteiger partial charge in [0, 0.05) is 40.0 Å². The number of methoxy groups -OCH3 is 1. The van der Waals surface area contributed by atoms with Crippen LogP contribution in [-0.2, 0) is 23.7 Å². The minimum Gasteiger partial charge on any atom is -0.385 e. The Morgan fingerprint density at radius 2 is 1.20 bits per heavy atom. The van der Waals surface area contributed by atoms with Crippen molar-refractivity contribution in [3.63, 3.8) is 0 Å². The third-order valence-corrected chi connectivity index (χ3v) is 2.43. The van der Waals surface area contributed by atoms with Crippen LogP contribution in [0.4, 0.5) is 0 Å². The summed E-state index contributed by atoms with van der Waals surface area (Å²) in [5, 5.41) is 3.25. The second-order valence-corrected chi connectivity index (χ2v) is 4.13. The van der Waals surface area contributed by atoms with Crippen molar-refractivity contribution in [1.29, 1.82) is 0 Å². The van der Waals surface area contributed by atoms with Crippen molar-refractivity contribution in [3.8, 4) is 0 Å². The smallest absolute Gasteiger partial charge is 0.0701 e. The zero-order valence-corrected chi connectivity index (χ0v) is 13.0. The summed E-state index contributed by atoms with van der Waals surface area (Å²) in [6.07, 6.45) is 0.932. The molecule has 0 atom stereocenters. The van der Waals surface area contributed by atoms with Gasteiger partial charge >= 0.3 is 0 Å². The van der Waals surface area contributed by atoms with Crippen LogP contribution in [0.15, 0.2) is 0 Å². The first-order valence-corrected chi connectivity index (χ1v) is 7.42. The highest BCUT2D eigenvalue weighted by Crippen LogP contribution is 1.84. The molecule has 0 unspecified atom stereocenters. The van der Waals surface area contributed by atoms with Gasteiger partial charge in [-0.1, -0.05) is 0 Å². The minimum absolute atomic E-state index is 0.638. The summed E-state index contributed by atoms with van der Waals surface area (Å²) >= 11 is 0. The Morgan fingerprint density at radius 1 is 0.650 bits per heavy atom. The normalized spacial score (nSPS) is 11.1. The van der Waals surface area contributed by atoms with E-state index in [-0.39, 0.29) is 0 Å². The molecule has 6 heteroatoms. The van der Waals surface area contributed by atoms with Crippen LogP contribution in [0.5, 0.6) is 0 Å². The molecule has 0 radical (unpaired) electrons. The topological polar surface area (TPSA) is 58.2 Å². The molecule has 0 spiro atoms. The molecule has 0 saturated carbocycles. The molecular formula is C14H31NO5. The zero-order valence-electron chi connectivity index (χ0n) is 13.0. The fourth-order valence-corrected chi connectivity index (χ4v) is 1.41. The van der Waals surface area contributed by atoms with Crippen molar-refractivity contribution in [2.75, 3.05) is 79.7 Å². The molecule has 0 rings (SSSR count). The van der Waals surface area contributed by atoms with Gasteiger partial charge in [-0.2, -0.15) is 0 Å². The van der Waals surface area contributed by atoms with E-state index in [1.807, 2.05) is 6.92 Å². The standard InChI is InChI=1S/C14H31NO5/c1-3-17-11-12-19-9-5-15-6-10-20-14-13-18-8-4-7-16-2/h15H,3-14H2,1-2H3. The maximum atomic E-state index is 5.42. The van der Waals surface area contributed by atoms with E-state index >= 15 is 0 Å². The lowest BCUT2D eigenvalue weighted by Crippen LogP contribution is -2.25. The van der Waals surface area contributed by atoms with Crippen molar-refractivity contribution in [1.82, 2.24) is 5.32 Å². The average molecular weight is 293 g/mol. The predicted molar refractivity (Wildman–Crippen MR) is 78.3 cm³/mol. The van der Waals surface area contributed by atoms with E-state index in [0.29, 0.717) is 39.6 Å². The monoisotopic (exact) mass is 293 g/mol. The predicted octanol–water partition coefficient (Wildman–Crippen LogP) is 0.699. The SMILES string of the molecule is CCOCCOCCNCCOCCOCCCOC. The molecule has 0 aromatic heterocycles. The lowest BCUT2D eigenvalue weighted by atomic mass is 10.5. The largest absolute Gasteiger partial charge is 0.385 e. The molecule has 0 amide bonds. The maximum Gasteiger partial charge on any atom is 0.0701 e. The number of hydrogen-bond donors (Lipinski definition) is 1. The number of ether oxygens (including phenoxy) is 5. The Bertz CT molecular complexity index is 154. The number of rotatable bonds is 17. The number of hydrogen-bond acceptors (Lipinski definition) is 6. The fraction of sp³-hybridized carbons (Fsp3) is 1.00. The lowest BCUT2D eigenvalue weighted by molar-refractivity contribution is 0.0387. The van der Waals surface area contributed by atoms with Crippen molar-refractivity contribution < 1.29 is 23.7 Å². The van der Waals surface area contributed by atoms with Crippen LogP contribution in [0.25, 0.3) is 0 Å². The Hall–Kier alpha value is -0.240. The first kappa shape index (κ1) is 19.8. The minimum atomic E-state index is 0.638. The van der Waals surface area contributed by atoms with Crippen LogP contribution in [-0.4, -0.2) is 79.7 Å². The van der Waals surface area contributed by atoms with Crippen LogP contribution in [0, 0.1) is 0 Å². The molecule has 0 aliphatic carbocycles. The molecule has 20 heavy (non-hydrogen) atoms. The zero-order chi connectivity index (χ0) is 14.7. The van der Waals surface area contributed by atoms with Crippen molar-refractivity contribution >= 4 is 0 Å². The van der Waals surface area contributed by atoms with E-state index in [9.17, 15) is 0 Å². The molecular weight excluding hydrogens is 262 g/mol. The average Bonchev–Trinajstić information content (AvgIpc) is 2.47. The van der Waals surface area contributed by atoms with Gasteiger partial charge in [0.1, 0.15) is 0 Å². The second-order valence-electron chi connectivity index (χ2n) is 4.13. The molecule has 6 nitrogen and oxygen atoms in total. The first-order valence-electron chi connectivity index (χ1n) is 7.42. The van der Waals surface area contributed by atoms with E-state index in [0.717, 1.165) is 39.3 Å². The summed E-state index contributed by atoms with van der Waals surface area (Å²) in [5.41, 5.74) is 0. The molecule has 0 fully saturated rings. The van der Waals surface area contributed by atoms with Crippen LogP contribution < -0.4 is 5.32 Å². The van der Waals surface area contributed by atoms with Gasteiger partial charge in [-0.05, 0) is 13.3 Å². The quantitative estimate of drug-likeness (QED) is 0.398. The molecule has 0 aromatic rings. The van der Waals surface area contributed by atoms with Crippen molar-refractivity contribution in [3.05, 3.63) is 0 Å². The third kappa shape index (κ3) is 17.8. The Kier molecular flexibility index (Phi) is 18.5. The first-order chi connectivity index (χ1) is 9.91. The van der Waals surface area contributed by atoms with Crippen LogP contribution >= 0.6 is 0 Å². The Morgan fingerprint density at radius 3 is 1.75 bits per heavy atom. The number of nitrogens with one attached hydrogen (secondary N) is 1. The van der Waals surface area contributed by atoms with Gasteiger partial charge in [0.05, 0.1) is 39.6 Å². The summed E-state index contributed by atoms with van der Waals surface area (Å²) in [7, 11) is 1.69. The highest BCUT2D eigenvalue weighted by Gasteiger charge is 1.92. The van der Waals surface area contributed by atoms with Crippen molar-refractivity contribution in [2.24, 2.45) is 0 Å². The Labute approximate surface area is 123 Å². The summed E-state index contributed by atoms with van der Waals surface area (Å²) in [6, 6.07) is 0. The summed E-state index contributed by atoms with van der Waals surface area (Å²) in [6.45, 7) is 9.88. The van der Waals surface area contributed by atoms with Gasteiger partial charge in [0.2, 0.25) is 0 Å². The van der Waals surface area contributed by atoms with Crippen molar-refractivity contribution in [2.45, 2.75) is 13.3 Å². The molecule has 0 aromatic carbocycles. The molecule has 122 valence electrons. The lowest BCUT2D eigenvalue weighted by Gasteiger charge is -2.07. The second kappa shape index (κ2) is 18.8. The van der Waals surface area contributed by atoms with Gasteiger partial charge in [-0.15, -0.1) is 0 Å². The Balaban J connectivity index is 2.89. The summed E-state index contributed by atoms with van der Waals surface area (Å²) < 4.78 is 26.2. The maximum absolute atomic E-state index is 5.42. The van der Waals surface area contributed by atoms with Gasteiger partial charge in [0.25, 0.3) is 0 Å². The molecule has 0 heterocycles. The van der Waals surface area contributed by atoms with Gasteiger partial charge in [-0.25, -0.2) is 0 Å². The molecule has 0 bridgehead atoms. The highest BCUT2D eigenvalue weighted by molar-refractivity contribution is 4.45. The van der Waals surface area contributed by atoms with E-state index in [1.165, 1.54) is 0 Å². The van der Waals surface area contributed by atoms with Gasteiger partial charge in [-0.3, -0.25) is 0 Å². The van der Waals surface area contributed by atoms with Crippen LogP contribution in [0.2, 0.25) is 0 Å².